The zero-order chi connectivity index (χ0) is 20.5. The van der Waals surface area contributed by atoms with Crippen molar-refractivity contribution in [3.05, 3.63) is 71.3 Å². The predicted molar refractivity (Wildman–Crippen MR) is 97.9 cm³/mol. The van der Waals surface area contributed by atoms with Crippen molar-refractivity contribution < 1.29 is 28.2 Å². The van der Waals surface area contributed by atoms with Crippen LogP contribution in [0, 0.1) is 11.6 Å². The Kier molecular flexibility index (Phi) is 8.03. The molecular weight excluding hydrogens is 370 g/mol. The quantitative estimate of drug-likeness (QED) is 0.313. The van der Waals surface area contributed by atoms with E-state index in [0.717, 1.165) is 5.56 Å². The third kappa shape index (κ3) is 5.83. The summed E-state index contributed by atoms with van der Waals surface area (Å²) in [5, 5.41) is 8.80. The maximum Gasteiger partial charge on any atom is 0.313 e. The summed E-state index contributed by atoms with van der Waals surface area (Å²) in [6.45, 7) is 0.344. The number of carbonyl (C=O) groups excluding carboxylic acids is 2. The molecule has 0 saturated carbocycles. The number of benzene rings is 2. The Hall–Kier alpha value is -2.84. The van der Waals surface area contributed by atoms with Crippen molar-refractivity contribution in [2.24, 2.45) is 5.84 Å². The van der Waals surface area contributed by atoms with Crippen LogP contribution < -0.4 is 11.3 Å². The molecule has 0 unspecified atom stereocenters. The van der Waals surface area contributed by atoms with E-state index in [1.54, 1.807) is 12.1 Å². The minimum Gasteiger partial charge on any atom is -0.465 e. The number of carbonyl (C=O) groups is 2. The van der Waals surface area contributed by atoms with Crippen LogP contribution in [0.4, 0.5) is 8.78 Å². The Balaban J connectivity index is 0.000000202. The standard InChI is InChI=1S/C10H13FN2O2.C10H9FO2/c11-8-3-1-7(2-4-8)9(5-6-14)10(15)13-12;11-8-3-1-7(2-4-8)9-5-6-13-10(9)12/h1-4,9,14H,5-6,12H2,(H,13,15);1-4,9H,5-6H2/t2*9-/m11/s1. The molecule has 2 atom stereocenters. The number of rotatable bonds is 5. The van der Waals surface area contributed by atoms with Crippen molar-refractivity contribution in [1.82, 2.24) is 5.43 Å². The molecule has 2 aromatic rings. The van der Waals surface area contributed by atoms with Crippen LogP contribution in [0.3, 0.4) is 0 Å². The molecule has 2 aromatic carbocycles. The monoisotopic (exact) mass is 392 g/mol. The van der Waals surface area contributed by atoms with Crippen molar-refractivity contribution in [3.8, 4) is 0 Å². The van der Waals surface area contributed by atoms with Crippen LogP contribution in [0.2, 0.25) is 0 Å². The third-order valence-corrected chi connectivity index (χ3v) is 4.36. The lowest BCUT2D eigenvalue weighted by Crippen LogP contribution is -2.35. The topological polar surface area (TPSA) is 102 Å². The summed E-state index contributed by atoms with van der Waals surface area (Å²) < 4.78 is 30.0. The van der Waals surface area contributed by atoms with Crippen LogP contribution in [0.25, 0.3) is 0 Å². The van der Waals surface area contributed by atoms with Crippen molar-refractivity contribution in [2.75, 3.05) is 13.2 Å². The molecule has 0 aliphatic carbocycles. The number of aliphatic hydroxyl groups excluding tert-OH is 1. The minimum atomic E-state index is -0.541. The highest BCUT2D eigenvalue weighted by atomic mass is 19.1. The van der Waals surface area contributed by atoms with Crippen LogP contribution in [-0.4, -0.2) is 30.2 Å². The highest BCUT2D eigenvalue weighted by Crippen LogP contribution is 2.26. The van der Waals surface area contributed by atoms with Crippen LogP contribution in [0.5, 0.6) is 0 Å². The number of hydrazine groups is 1. The molecule has 6 nitrogen and oxygen atoms in total. The molecule has 8 heteroatoms. The first-order chi connectivity index (χ1) is 13.5. The summed E-state index contributed by atoms with van der Waals surface area (Å²) in [7, 11) is 0. The predicted octanol–water partition coefficient (Wildman–Crippen LogP) is 2.14. The van der Waals surface area contributed by atoms with Gasteiger partial charge in [0, 0.05) is 6.61 Å². The first-order valence-corrected chi connectivity index (χ1v) is 8.75. The highest BCUT2D eigenvalue weighted by molar-refractivity contribution is 5.83. The summed E-state index contributed by atoms with van der Waals surface area (Å²) in [6.07, 6.45) is 0.957. The van der Waals surface area contributed by atoms with Crippen LogP contribution in [0.15, 0.2) is 48.5 Å². The van der Waals surface area contributed by atoms with Gasteiger partial charge in [0.15, 0.2) is 0 Å². The van der Waals surface area contributed by atoms with Gasteiger partial charge in [0.25, 0.3) is 0 Å². The Labute approximate surface area is 161 Å². The number of hydrogen-bond acceptors (Lipinski definition) is 5. The molecular formula is C20H22F2N2O4. The van der Waals surface area contributed by atoms with Crippen molar-refractivity contribution in [3.63, 3.8) is 0 Å². The SMILES string of the molecule is NNC(=O)[C@H](CCO)c1ccc(F)cc1.O=C1OCC[C@@H]1c1ccc(F)cc1. The van der Waals surface area contributed by atoms with Gasteiger partial charge in [-0.2, -0.15) is 0 Å². The smallest absolute Gasteiger partial charge is 0.313 e. The summed E-state index contributed by atoms with van der Waals surface area (Å²) >= 11 is 0. The lowest BCUT2D eigenvalue weighted by Gasteiger charge is -2.14. The second-order valence-corrected chi connectivity index (χ2v) is 6.19. The van der Waals surface area contributed by atoms with Gasteiger partial charge in [0.2, 0.25) is 5.91 Å². The molecule has 0 bridgehead atoms. The van der Waals surface area contributed by atoms with E-state index in [1.807, 2.05) is 5.43 Å². The number of esters is 1. The van der Waals surface area contributed by atoms with Gasteiger partial charge >= 0.3 is 5.97 Å². The van der Waals surface area contributed by atoms with Gasteiger partial charge in [-0.1, -0.05) is 24.3 Å². The van der Waals surface area contributed by atoms with E-state index >= 15 is 0 Å². The van der Waals surface area contributed by atoms with Gasteiger partial charge in [-0.15, -0.1) is 0 Å². The first kappa shape index (κ1) is 21.5. The molecule has 1 fully saturated rings. The number of cyclic esters (lactones) is 1. The van der Waals surface area contributed by atoms with Crippen LogP contribution >= 0.6 is 0 Å². The van der Waals surface area contributed by atoms with E-state index in [-0.39, 0.29) is 36.5 Å². The summed E-state index contributed by atoms with van der Waals surface area (Å²) in [5.74, 6) is 3.04. The average molecular weight is 392 g/mol. The lowest BCUT2D eigenvalue weighted by atomic mass is 9.95. The van der Waals surface area contributed by atoms with Crippen LogP contribution in [0.1, 0.15) is 35.8 Å². The van der Waals surface area contributed by atoms with Crippen molar-refractivity contribution >= 4 is 11.9 Å². The number of nitrogens with one attached hydrogen (secondary N) is 1. The fourth-order valence-electron chi connectivity index (χ4n) is 2.87. The average Bonchev–Trinajstić information content (AvgIpc) is 3.13. The Bertz CT molecular complexity index is 782. The summed E-state index contributed by atoms with van der Waals surface area (Å²) in [4.78, 5) is 22.5. The Morgan fingerprint density at radius 1 is 1.14 bits per heavy atom. The number of hydrogen-bond donors (Lipinski definition) is 3. The summed E-state index contributed by atoms with van der Waals surface area (Å²) in [5.41, 5.74) is 3.49. The van der Waals surface area contributed by atoms with Gasteiger partial charge in [0.1, 0.15) is 11.6 Å². The molecule has 1 amide bonds. The summed E-state index contributed by atoms with van der Waals surface area (Å²) in [6, 6.07) is 11.5. The van der Waals surface area contributed by atoms with E-state index < -0.39 is 11.8 Å². The molecule has 3 rings (SSSR count). The minimum absolute atomic E-state index is 0.130. The van der Waals surface area contributed by atoms with E-state index in [0.29, 0.717) is 18.6 Å². The molecule has 1 aliphatic heterocycles. The van der Waals surface area contributed by atoms with Crippen molar-refractivity contribution in [1.29, 1.82) is 0 Å². The molecule has 0 spiro atoms. The first-order valence-electron chi connectivity index (χ1n) is 8.75. The number of aliphatic hydroxyl groups is 1. The normalized spacial score (nSPS) is 16.6. The van der Waals surface area contributed by atoms with Gasteiger partial charge in [-0.05, 0) is 48.2 Å². The molecule has 4 N–H and O–H groups in total. The van der Waals surface area contributed by atoms with Crippen LogP contribution in [-0.2, 0) is 14.3 Å². The van der Waals surface area contributed by atoms with Gasteiger partial charge in [-0.25, -0.2) is 14.6 Å². The molecule has 0 radical (unpaired) electrons. The molecule has 1 heterocycles. The molecule has 0 aromatic heterocycles. The third-order valence-electron chi connectivity index (χ3n) is 4.36. The number of amides is 1. The highest BCUT2D eigenvalue weighted by Gasteiger charge is 2.27. The largest absolute Gasteiger partial charge is 0.465 e. The number of nitrogens with two attached hydrogens (primary N) is 1. The van der Waals surface area contributed by atoms with E-state index in [9.17, 15) is 18.4 Å². The molecule has 150 valence electrons. The maximum atomic E-state index is 12.6. The van der Waals surface area contributed by atoms with E-state index in [1.165, 1.54) is 36.4 Å². The number of halogens is 2. The van der Waals surface area contributed by atoms with Crippen molar-refractivity contribution in [2.45, 2.75) is 24.7 Å². The van der Waals surface area contributed by atoms with Gasteiger partial charge in [0.05, 0.1) is 18.4 Å². The van der Waals surface area contributed by atoms with Gasteiger partial charge < -0.3 is 9.84 Å². The molecule has 28 heavy (non-hydrogen) atoms. The fraction of sp³-hybridized carbons (Fsp3) is 0.300. The van der Waals surface area contributed by atoms with E-state index in [2.05, 4.69) is 0 Å². The molecule has 1 saturated heterocycles. The fourth-order valence-corrected chi connectivity index (χ4v) is 2.87. The van der Waals surface area contributed by atoms with Gasteiger partial charge in [-0.3, -0.25) is 15.0 Å². The Morgan fingerprint density at radius 2 is 1.71 bits per heavy atom. The van der Waals surface area contributed by atoms with E-state index in [4.69, 9.17) is 15.7 Å². The zero-order valence-corrected chi connectivity index (χ0v) is 15.1. The maximum absolute atomic E-state index is 12.6. The Morgan fingerprint density at radius 3 is 2.18 bits per heavy atom. The lowest BCUT2D eigenvalue weighted by molar-refractivity contribution is -0.139. The number of ether oxygens (including phenoxy) is 1. The second kappa shape index (κ2) is 10.5. The second-order valence-electron chi connectivity index (χ2n) is 6.19. The molecule has 1 aliphatic rings. The zero-order valence-electron chi connectivity index (χ0n) is 15.1.